The smallest absolute Gasteiger partial charge is 0.227 e. The first-order valence-corrected chi connectivity index (χ1v) is 8.84. The summed E-state index contributed by atoms with van der Waals surface area (Å²) in [4.78, 5) is 30.3. The normalized spacial score (nSPS) is 14.9. The number of rotatable bonds is 4. The van der Waals surface area contributed by atoms with E-state index in [9.17, 15) is 14.0 Å². The maximum atomic E-state index is 13.8. The summed E-state index contributed by atoms with van der Waals surface area (Å²) in [7, 11) is 0. The number of carbonyl (C=O) groups is 2. The molecule has 0 atom stereocenters. The third-order valence-corrected chi connectivity index (χ3v) is 4.91. The molecule has 1 aromatic heterocycles. The van der Waals surface area contributed by atoms with Crippen molar-refractivity contribution < 1.29 is 14.0 Å². The van der Waals surface area contributed by atoms with Gasteiger partial charge in [0.15, 0.2) is 0 Å². The maximum Gasteiger partial charge on any atom is 0.227 e. The molecule has 2 aromatic rings. The second kappa shape index (κ2) is 8.27. The van der Waals surface area contributed by atoms with E-state index in [1.165, 1.54) is 12.1 Å². The number of piperidine rings is 1. The van der Waals surface area contributed by atoms with Gasteiger partial charge in [0, 0.05) is 47.7 Å². The SMILES string of the molecule is O=C(Nc1ccncc1)C1CCN(C(=O)Cc2c(F)cccc2Cl)CC1. The molecule has 1 aliphatic heterocycles. The van der Waals surface area contributed by atoms with Crippen LogP contribution in [0.25, 0.3) is 0 Å². The van der Waals surface area contributed by atoms with Gasteiger partial charge in [-0.25, -0.2) is 4.39 Å². The van der Waals surface area contributed by atoms with E-state index in [0.29, 0.717) is 31.6 Å². The Balaban J connectivity index is 1.53. The number of amides is 2. The second-order valence-corrected chi connectivity index (χ2v) is 6.66. The Labute approximate surface area is 156 Å². The lowest BCUT2D eigenvalue weighted by atomic mass is 9.95. The van der Waals surface area contributed by atoms with Gasteiger partial charge in [0.05, 0.1) is 6.42 Å². The number of nitrogens with zero attached hydrogens (tertiary/aromatic N) is 2. The van der Waals surface area contributed by atoms with Crippen LogP contribution in [0.3, 0.4) is 0 Å². The van der Waals surface area contributed by atoms with Gasteiger partial charge in [-0.05, 0) is 37.1 Å². The average molecular weight is 376 g/mol. The number of halogens is 2. The summed E-state index contributed by atoms with van der Waals surface area (Å²) >= 11 is 5.99. The summed E-state index contributed by atoms with van der Waals surface area (Å²) in [6, 6.07) is 7.84. The zero-order chi connectivity index (χ0) is 18.5. The fourth-order valence-electron chi connectivity index (χ4n) is 3.03. The molecule has 1 N–H and O–H groups in total. The van der Waals surface area contributed by atoms with Crippen LogP contribution in [0.1, 0.15) is 18.4 Å². The quantitative estimate of drug-likeness (QED) is 0.891. The molecule has 5 nitrogen and oxygen atoms in total. The molecule has 0 radical (unpaired) electrons. The summed E-state index contributed by atoms with van der Waals surface area (Å²) < 4.78 is 13.8. The Morgan fingerprint density at radius 3 is 2.54 bits per heavy atom. The van der Waals surface area contributed by atoms with E-state index in [2.05, 4.69) is 10.3 Å². The number of pyridine rings is 1. The number of aromatic nitrogens is 1. The van der Waals surface area contributed by atoms with Crippen molar-refractivity contribution >= 4 is 29.1 Å². The van der Waals surface area contributed by atoms with Crippen LogP contribution >= 0.6 is 11.6 Å². The molecule has 2 heterocycles. The molecule has 1 aliphatic rings. The third-order valence-electron chi connectivity index (χ3n) is 4.56. The lowest BCUT2D eigenvalue weighted by Crippen LogP contribution is -2.42. The van der Waals surface area contributed by atoms with Crippen molar-refractivity contribution in [2.75, 3.05) is 18.4 Å². The van der Waals surface area contributed by atoms with Gasteiger partial charge in [-0.2, -0.15) is 0 Å². The molecular weight excluding hydrogens is 357 g/mol. The zero-order valence-electron chi connectivity index (χ0n) is 14.1. The average Bonchev–Trinajstić information content (AvgIpc) is 2.65. The minimum atomic E-state index is -0.475. The van der Waals surface area contributed by atoms with Gasteiger partial charge in [-0.15, -0.1) is 0 Å². The summed E-state index contributed by atoms with van der Waals surface area (Å²) in [6.45, 7) is 0.943. The highest BCUT2D eigenvalue weighted by atomic mass is 35.5. The first kappa shape index (κ1) is 18.3. The molecule has 136 valence electrons. The summed E-state index contributed by atoms with van der Waals surface area (Å²) in [6.07, 6.45) is 4.32. The molecule has 0 aliphatic carbocycles. The molecule has 2 amide bonds. The van der Waals surface area contributed by atoms with E-state index in [4.69, 9.17) is 11.6 Å². The van der Waals surface area contributed by atoms with Crippen molar-refractivity contribution in [2.24, 2.45) is 5.92 Å². The van der Waals surface area contributed by atoms with E-state index >= 15 is 0 Å². The van der Waals surface area contributed by atoms with E-state index in [1.54, 1.807) is 35.5 Å². The first-order valence-electron chi connectivity index (χ1n) is 8.46. The van der Waals surface area contributed by atoms with Gasteiger partial charge >= 0.3 is 0 Å². The number of hydrogen-bond acceptors (Lipinski definition) is 3. The predicted octanol–water partition coefficient (Wildman–Crippen LogP) is 3.29. The largest absolute Gasteiger partial charge is 0.342 e. The van der Waals surface area contributed by atoms with Gasteiger partial charge < -0.3 is 10.2 Å². The first-order chi connectivity index (χ1) is 12.5. The van der Waals surface area contributed by atoms with Crippen molar-refractivity contribution in [2.45, 2.75) is 19.3 Å². The molecule has 26 heavy (non-hydrogen) atoms. The zero-order valence-corrected chi connectivity index (χ0v) is 14.9. The van der Waals surface area contributed by atoms with Crippen LogP contribution in [0.4, 0.5) is 10.1 Å². The predicted molar refractivity (Wildman–Crippen MR) is 97.3 cm³/mol. The lowest BCUT2D eigenvalue weighted by molar-refractivity contribution is -0.133. The molecule has 1 fully saturated rings. The number of carbonyl (C=O) groups excluding carboxylic acids is 2. The standard InChI is InChI=1S/C19H19ClFN3O2/c20-16-2-1-3-17(21)15(16)12-18(25)24-10-6-13(7-11-24)19(26)23-14-4-8-22-9-5-14/h1-5,8-9,13H,6-7,10-12H2,(H,22,23,26). The van der Waals surface area contributed by atoms with Crippen LogP contribution in [0, 0.1) is 11.7 Å². The van der Waals surface area contributed by atoms with Gasteiger partial charge in [-0.1, -0.05) is 17.7 Å². The number of hydrogen-bond donors (Lipinski definition) is 1. The van der Waals surface area contributed by atoms with Gasteiger partial charge in [-0.3, -0.25) is 14.6 Å². The summed E-state index contributed by atoms with van der Waals surface area (Å²) in [5, 5.41) is 3.12. The monoisotopic (exact) mass is 375 g/mol. The van der Waals surface area contributed by atoms with Gasteiger partial charge in [0.25, 0.3) is 0 Å². The Morgan fingerprint density at radius 1 is 1.19 bits per heavy atom. The highest BCUT2D eigenvalue weighted by Crippen LogP contribution is 2.23. The second-order valence-electron chi connectivity index (χ2n) is 6.26. The van der Waals surface area contributed by atoms with Crippen molar-refractivity contribution in [3.63, 3.8) is 0 Å². The number of nitrogens with one attached hydrogen (secondary N) is 1. The van der Waals surface area contributed by atoms with Crippen molar-refractivity contribution in [1.29, 1.82) is 0 Å². The van der Waals surface area contributed by atoms with E-state index in [1.807, 2.05) is 0 Å². The van der Waals surface area contributed by atoms with Gasteiger partial charge in [0.2, 0.25) is 11.8 Å². The maximum absolute atomic E-state index is 13.8. The van der Waals surface area contributed by atoms with Gasteiger partial charge in [0.1, 0.15) is 5.82 Å². The molecule has 1 aromatic carbocycles. The van der Waals surface area contributed by atoms with Crippen LogP contribution in [-0.4, -0.2) is 34.8 Å². The minimum Gasteiger partial charge on any atom is -0.342 e. The van der Waals surface area contributed by atoms with Crippen molar-refractivity contribution in [3.8, 4) is 0 Å². The van der Waals surface area contributed by atoms with Crippen molar-refractivity contribution in [3.05, 3.63) is 59.1 Å². The number of benzene rings is 1. The molecule has 0 spiro atoms. The molecule has 0 unspecified atom stereocenters. The third kappa shape index (κ3) is 4.38. The van der Waals surface area contributed by atoms with Crippen LogP contribution in [0.5, 0.6) is 0 Å². The number of anilines is 1. The molecule has 0 saturated carbocycles. The summed E-state index contributed by atoms with van der Waals surface area (Å²) in [5.41, 5.74) is 0.925. The van der Waals surface area contributed by atoms with Crippen LogP contribution in [-0.2, 0) is 16.0 Å². The molecule has 7 heteroatoms. The van der Waals surface area contributed by atoms with E-state index in [-0.39, 0.29) is 34.7 Å². The highest BCUT2D eigenvalue weighted by molar-refractivity contribution is 6.31. The van der Waals surface area contributed by atoms with Crippen LogP contribution < -0.4 is 5.32 Å². The van der Waals surface area contributed by atoms with E-state index < -0.39 is 5.82 Å². The molecule has 0 bridgehead atoms. The van der Waals surface area contributed by atoms with Crippen molar-refractivity contribution in [1.82, 2.24) is 9.88 Å². The lowest BCUT2D eigenvalue weighted by Gasteiger charge is -2.31. The Kier molecular flexibility index (Phi) is 5.83. The van der Waals surface area contributed by atoms with Crippen LogP contribution in [0.2, 0.25) is 5.02 Å². The topological polar surface area (TPSA) is 62.3 Å². The van der Waals surface area contributed by atoms with Crippen LogP contribution in [0.15, 0.2) is 42.7 Å². The number of likely N-dealkylation sites (tertiary alicyclic amines) is 1. The molecular formula is C19H19ClFN3O2. The Morgan fingerprint density at radius 2 is 1.88 bits per heavy atom. The highest BCUT2D eigenvalue weighted by Gasteiger charge is 2.28. The Bertz CT molecular complexity index is 772. The fourth-order valence-corrected chi connectivity index (χ4v) is 3.26. The fraction of sp³-hybridized carbons (Fsp3) is 0.316. The summed E-state index contributed by atoms with van der Waals surface area (Å²) in [5.74, 6) is -0.854. The van der Waals surface area contributed by atoms with E-state index in [0.717, 1.165) is 0 Å². The minimum absolute atomic E-state index is 0.0551. The Hall–Kier alpha value is -2.47. The molecule has 1 saturated heterocycles. The molecule has 3 rings (SSSR count).